The highest BCUT2D eigenvalue weighted by atomic mass is 35.5. The number of carbonyl (C=O) groups is 1. The number of rotatable bonds is 4. The maximum Gasteiger partial charge on any atom is 0.289 e. The van der Waals surface area contributed by atoms with Crippen molar-refractivity contribution in [1.82, 2.24) is 15.6 Å². The Morgan fingerprint density at radius 3 is 2.68 bits per heavy atom. The molecule has 0 bridgehead atoms. The van der Waals surface area contributed by atoms with Gasteiger partial charge >= 0.3 is 0 Å². The summed E-state index contributed by atoms with van der Waals surface area (Å²) in [5, 5.41) is 10.4. The summed E-state index contributed by atoms with van der Waals surface area (Å²) in [4.78, 5) is 12.0. The molecule has 0 aliphatic heterocycles. The first-order valence-electron chi connectivity index (χ1n) is 7.13. The highest BCUT2D eigenvalue weighted by molar-refractivity contribution is 6.33. The van der Waals surface area contributed by atoms with E-state index in [1.807, 2.05) is 0 Å². The Balaban J connectivity index is 1.70. The summed E-state index contributed by atoms with van der Waals surface area (Å²) in [7, 11) is 0. The number of aromatic amines is 1. The fourth-order valence-electron chi connectivity index (χ4n) is 2.06. The third kappa shape index (κ3) is 3.89. The van der Waals surface area contributed by atoms with Crippen molar-refractivity contribution in [1.29, 1.82) is 0 Å². The first-order chi connectivity index (χ1) is 12.0. The van der Waals surface area contributed by atoms with Gasteiger partial charge in [-0.25, -0.2) is 14.2 Å². The molecule has 8 heteroatoms. The third-order valence-corrected chi connectivity index (χ3v) is 3.65. The maximum absolute atomic E-state index is 13.6. The Morgan fingerprint density at radius 2 is 1.96 bits per heavy atom. The van der Waals surface area contributed by atoms with Gasteiger partial charge in [0.1, 0.15) is 17.3 Å². The predicted octanol–water partition coefficient (Wildman–Crippen LogP) is 3.77. The molecular weight excluding hydrogens is 350 g/mol. The van der Waals surface area contributed by atoms with Gasteiger partial charge < -0.3 is 0 Å². The smallest absolute Gasteiger partial charge is 0.272 e. The third-order valence-electron chi connectivity index (χ3n) is 3.32. The van der Waals surface area contributed by atoms with Crippen molar-refractivity contribution in [2.75, 3.05) is 0 Å². The molecule has 0 saturated carbocycles. The minimum atomic E-state index is -0.565. The number of aromatic nitrogens is 2. The molecule has 25 heavy (non-hydrogen) atoms. The largest absolute Gasteiger partial charge is 0.289 e. The summed E-state index contributed by atoms with van der Waals surface area (Å²) in [5.74, 6) is -1.48. The Kier molecular flexibility index (Phi) is 4.85. The van der Waals surface area contributed by atoms with Gasteiger partial charge in [-0.3, -0.25) is 9.89 Å². The minimum Gasteiger partial charge on any atom is -0.272 e. The first kappa shape index (κ1) is 16.8. The molecule has 0 atom stereocenters. The zero-order valence-corrected chi connectivity index (χ0v) is 13.4. The van der Waals surface area contributed by atoms with E-state index in [9.17, 15) is 13.6 Å². The van der Waals surface area contributed by atoms with E-state index in [2.05, 4.69) is 20.7 Å². The minimum absolute atomic E-state index is 0.0704. The molecule has 0 aliphatic carbocycles. The van der Waals surface area contributed by atoms with Crippen LogP contribution in [0.4, 0.5) is 8.78 Å². The molecule has 2 aromatic carbocycles. The average molecular weight is 361 g/mol. The molecule has 0 radical (unpaired) electrons. The van der Waals surface area contributed by atoms with E-state index in [-0.39, 0.29) is 22.1 Å². The topological polar surface area (TPSA) is 70.1 Å². The molecule has 0 aliphatic rings. The number of amides is 1. The van der Waals surface area contributed by atoms with Crippen LogP contribution in [0.3, 0.4) is 0 Å². The summed E-state index contributed by atoms with van der Waals surface area (Å²) in [6, 6.07) is 11.4. The number of hydrogen-bond acceptors (Lipinski definition) is 3. The lowest BCUT2D eigenvalue weighted by molar-refractivity contribution is 0.0950. The normalized spacial score (nSPS) is 11.0. The fourth-order valence-corrected chi connectivity index (χ4v) is 2.27. The maximum atomic E-state index is 13.6. The van der Waals surface area contributed by atoms with Crippen LogP contribution >= 0.6 is 11.6 Å². The molecular formula is C17H11ClF2N4O. The van der Waals surface area contributed by atoms with Crippen LogP contribution in [0, 0.1) is 11.6 Å². The van der Waals surface area contributed by atoms with E-state index in [0.29, 0.717) is 11.3 Å². The molecule has 3 rings (SSSR count). The van der Waals surface area contributed by atoms with Gasteiger partial charge in [0, 0.05) is 11.1 Å². The second-order valence-corrected chi connectivity index (χ2v) is 5.42. The molecule has 0 saturated heterocycles. The van der Waals surface area contributed by atoms with E-state index in [4.69, 9.17) is 11.6 Å². The molecule has 0 unspecified atom stereocenters. The highest BCUT2D eigenvalue weighted by Crippen LogP contribution is 2.18. The summed E-state index contributed by atoms with van der Waals surface area (Å²) >= 11 is 5.86. The lowest BCUT2D eigenvalue weighted by Gasteiger charge is -1.99. The Morgan fingerprint density at radius 1 is 1.20 bits per heavy atom. The molecule has 126 valence electrons. The SMILES string of the molecule is O=C(N/N=C/c1c(F)cccc1Cl)c1cc(-c2ccc(F)cc2)n[nH]1. The van der Waals surface area contributed by atoms with Crippen molar-refractivity contribution < 1.29 is 13.6 Å². The van der Waals surface area contributed by atoms with Gasteiger partial charge in [-0.05, 0) is 42.5 Å². The quantitative estimate of drug-likeness (QED) is 0.549. The Bertz CT molecular complexity index is 918. The molecule has 1 amide bonds. The van der Waals surface area contributed by atoms with Crippen LogP contribution in [-0.4, -0.2) is 22.3 Å². The van der Waals surface area contributed by atoms with Crippen LogP contribution in [0.5, 0.6) is 0 Å². The number of nitrogens with one attached hydrogen (secondary N) is 2. The first-order valence-corrected chi connectivity index (χ1v) is 7.51. The van der Waals surface area contributed by atoms with Gasteiger partial charge in [-0.1, -0.05) is 17.7 Å². The van der Waals surface area contributed by atoms with Gasteiger partial charge in [-0.15, -0.1) is 0 Å². The van der Waals surface area contributed by atoms with E-state index in [1.54, 1.807) is 12.1 Å². The predicted molar refractivity (Wildman–Crippen MR) is 90.5 cm³/mol. The number of carbonyl (C=O) groups excluding carboxylic acids is 1. The number of halogens is 3. The van der Waals surface area contributed by atoms with Crippen LogP contribution < -0.4 is 5.43 Å². The molecule has 1 aromatic heterocycles. The molecule has 5 nitrogen and oxygen atoms in total. The van der Waals surface area contributed by atoms with E-state index in [1.165, 1.54) is 36.4 Å². The summed E-state index contributed by atoms with van der Waals surface area (Å²) in [5.41, 5.74) is 3.60. The summed E-state index contributed by atoms with van der Waals surface area (Å²) in [6.45, 7) is 0. The number of hydrogen-bond donors (Lipinski definition) is 2. The standard InChI is InChI=1S/C17H11ClF2N4O/c18-13-2-1-3-14(20)12(13)9-21-24-17(25)16-8-15(22-23-16)10-4-6-11(19)7-5-10/h1-9H,(H,22,23)(H,24,25)/b21-9+. The number of hydrazone groups is 1. The van der Waals surface area contributed by atoms with Gasteiger partial charge in [0.2, 0.25) is 0 Å². The zero-order chi connectivity index (χ0) is 17.8. The Hall–Kier alpha value is -3.06. The lowest BCUT2D eigenvalue weighted by atomic mass is 10.1. The number of H-pyrrole nitrogens is 1. The highest BCUT2D eigenvalue weighted by Gasteiger charge is 2.11. The van der Waals surface area contributed by atoms with Crippen molar-refractivity contribution in [3.8, 4) is 11.3 Å². The van der Waals surface area contributed by atoms with Crippen LogP contribution in [0.1, 0.15) is 16.1 Å². The lowest BCUT2D eigenvalue weighted by Crippen LogP contribution is -2.18. The van der Waals surface area contributed by atoms with Crippen LogP contribution in [0.25, 0.3) is 11.3 Å². The van der Waals surface area contributed by atoms with Crippen molar-refractivity contribution >= 4 is 23.7 Å². The number of benzene rings is 2. The molecule has 0 spiro atoms. The molecule has 2 N–H and O–H groups in total. The summed E-state index contributed by atoms with van der Waals surface area (Å²) in [6.07, 6.45) is 1.12. The van der Waals surface area contributed by atoms with Gasteiger partial charge in [0.15, 0.2) is 0 Å². The summed E-state index contributed by atoms with van der Waals surface area (Å²) < 4.78 is 26.5. The van der Waals surface area contributed by atoms with Gasteiger partial charge in [-0.2, -0.15) is 10.2 Å². The zero-order valence-electron chi connectivity index (χ0n) is 12.6. The monoisotopic (exact) mass is 360 g/mol. The fraction of sp³-hybridized carbons (Fsp3) is 0. The van der Waals surface area contributed by atoms with Crippen molar-refractivity contribution in [2.24, 2.45) is 5.10 Å². The molecule has 0 fully saturated rings. The second-order valence-electron chi connectivity index (χ2n) is 5.01. The van der Waals surface area contributed by atoms with E-state index < -0.39 is 11.7 Å². The van der Waals surface area contributed by atoms with E-state index in [0.717, 1.165) is 6.21 Å². The number of nitrogens with zero attached hydrogens (tertiary/aromatic N) is 2. The second kappa shape index (κ2) is 7.23. The van der Waals surface area contributed by atoms with Gasteiger partial charge in [0.25, 0.3) is 5.91 Å². The van der Waals surface area contributed by atoms with Crippen molar-refractivity contribution in [2.45, 2.75) is 0 Å². The average Bonchev–Trinajstić information content (AvgIpc) is 3.08. The van der Waals surface area contributed by atoms with E-state index >= 15 is 0 Å². The van der Waals surface area contributed by atoms with Crippen LogP contribution in [0.2, 0.25) is 5.02 Å². The molecule has 3 aromatic rings. The Labute approximate surface area is 146 Å². The van der Waals surface area contributed by atoms with Crippen molar-refractivity contribution in [3.05, 3.63) is 76.4 Å². The molecule has 1 heterocycles. The van der Waals surface area contributed by atoms with Crippen molar-refractivity contribution in [3.63, 3.8) is 0 Å². The van der Waals surface area contributed by atoms with Crippen LogP contribution in [0.15, 0.2) is 53.6 Å². The van der Waals surface area contributed by atoms with Crippen LogP contribution in [-0.2, 0) is 0 Å². The van der Waals surface area contributed by atoms with Gasteiger partial charge in [0.05, 0.1) is 16.9 Å².